The van der Waals surface area contributed by atoms with Gasteiger partial charge < -0.3 is 9.47 Å². The van der Waals surface area contributed by atoms with Crippen LogP contribution in [0.3, 0.4) is 0 Å². The first-order valence-corrected chi connectivity index (χ1v) is 4.79. The lowest BCUT2D eigenvalue weighted by molar-refractivity contribution is -0.145. The number of esters is 2. The number of carbonyl (C=O) groups is 2. The zero-order chi connectivity index (χ0) is 11.0. The Morgan fingerprint density at radius 2 is 1.93 bits per heavy atom. The number of hydrogen-bond donors (Lipinski definition) is 0. The SMILES string of the molecule is COC(=O)C(C)CCCCOC(C)=O. The van der Waals surface area contributed by atoms with Crippen molar-refractivity contribution in [3.05, 3.63) is 0 Å². The molecule has 82 valence electrons. The summed E-state index contributed by atoms with van der Waals surface area (Å²) in [7, 11) is 1.39. The monoisotopic (exact) mass is 202 g/mol. The standard InChI is InChI=1S/C10H18O4/c1-8(10(12)13-3)6-4-5-7-14-9(2)11/h8H,4-7H2,1-3H3. The Labute approximate surface area is 84.6 Å². The molecule has 0 heterocycles. The van der Waals surface area contributed by atoms with E-state index in [0.29, 0.717) is 6.61 Å². The second-order valence-electron chi connectivity index (χ2n) is 3.26. The van der Waals surface area contributed by atoms with Gasteiger partial charge in [0.05, 0.1) is 19.6 Å². The van der Waals surface area contributed by atoms with Crippen LogP contribution in [0.1, 0.15) is 33.1 Å². The van der Waals surface area contributed by atoms with Gasteiger partial charge in [-0.3, -0.25) is 9.59 Å². The van der Waals surface area contributed by atoms with E-state index >= 15 is 0 Å². The maximum absolute atomic E-state index is 11.0. The molecule has 0 saturated carbocycles. The lowest BCUT2D eigenvalue weighted by Gasteiger charge is -2.08. The van der Waals surface area contributed by atoms with Crippen LogP contribution in [0.15, 0.2) is 0 Å². The van der Waals surface area contributed by atoms with Gasteiger partial charge in [-0.05, 0) is 19.3 Å². The Balaban J connectivity index is 3.36. The van der Waals surface area contributed by atoms with Gasteiger partial charge in [0.25, 0.3) is 0 Å². The van der Waals surface area contributed by atoms with Crippen LogP contribution in [0.5, 0.6) is 0 Å². The van der Waals surface area contributed by atoms with Gasteiger partial charge in [-0.15, -0.1) is 0 Å². The fraction of sp³-hybridized carbons (Fsp3) is 0.800. The molecule has 0 spiro atoms. The third kappa shape index (κ3) is 6.46. The zero-order valence-corrected chi connectivity index (χ0v) is 9.04. The normalized spacial score (nSPS) is 11.9. The van der Waals surface area contributed by atoms with Gasteiger partial charge in [0.1, 0.15) is 0 Å². The maximum Gasteiger partial charge on any atom is 0.308 e. The van der Waals surface area contributed by atoms with Crippen molar-refractivity contribution in [1.82, 2.24) is 0 Å². The van der Waals surface area contributed by atoms with E-state index in [2.05, 4.69) is 4.74 Å². The van der Waals surface area contributed by atoms with Crippen molar-refractivity contribution in [1.29, 1.82) is 0 Å². The highest BCUT2D eigenvalue weighted by atomic mass is 16.5. The van der Waals surface area contributed by atoms with Crippen molar-refractivity contribution in [3.8, 4) is 0 Å². The average Bonchev–Trinajstić information content (AvgIpc) is 2.15. The highest BCUT2D eigenvalue weighted by Crippen LogP contribution is 2.09. The van der Waals surface area contributed by atoms with Gasteiger partial charge >= 0.3 is 11.9 Å². The molecule has 4 heteroatoms. The number of unbranched alkanes of at least 4 members (excludes halogenated alkanes) is 1. The quantitative estimate of drug-likeness (QED) is 0.484. The van der Waals surface area contributed by atoms with Crippen LogP contribution < -0.4 is 0 Å². The van der Waals surface area contributed by atoms with Crippen molar-refractivity contribution in [2.24, 2.45) is 5.92 Å². The third-order valence-electron chi connectivity index (χ3n) is 1.94. The van der Waals surface area contributed by atoms with Crippen molar-refractivity contribution in [2.45, 2.75) is 33.1 Å². The molecule has 0 aromatic carbocycles. The third-order valence-corrected chi connectivity index (χ3v) is 1.94. The lowest BCUT2D eigenvalue weighted by atomic mass is 10.0. The summed E-state index contributed by atoms with van der Waals surface area (Å²) < 4.78 is 9.34. The van der Waals surface area contributed by atoms with Crippen LogP contribution in [-0.2, 0) is 19.1 Å². The predicted octanol–water partition coefficient (Wildman–Crippen LogP) is 1.53. The van der Waals surface area contributed by atoms with Gasteiger partial charge in [0.15, 0.2) is 0 Å². The van der Waals surface area contributed by atoms with Crippen LogP contribution in [-0.4, -0.2) is 25.7 Å². The second kappa shape index (κ2) is 7.35. The topological polar surface area (TPSA) is 52.6 Å². The summed E-state index contributed by atoms with van der Waals surface area (Å²) in [5.74, 6) is -0.513. The smallest absolute Gasteiger partial charge is 0.308 e. The zero-order valence-electron chi connectivity index (χ0n) is 9.04. The van der Waals surface area contributed by atoms with Crippen molar-refractivity contribution in [3.63, 3.8) is 0 Å². The maximum atomic E-state index is 11.0. The molecule has 4 nitrogen and oxygen atoms in total. The summed E-state index contributed by atoms with van der Waals surface area (Å²) in [5.41, 5.74) is 0. The molecule has 0 N–H and O–H groups in total. The Kier molecular flexibility index (Phi) is 6.80. The number of hydrogen-bond acceptors (Lipinski definition) is 4. The van der Waals surface area contributed by atoms with Gasteiger partial charge in [-0.25, -0.2) is 0 Å². The van der Waals surface area contributed by atoms with Crippen molar-refractivity contribution in [2.75, 3.05) is 13.7 Å². The fourth-order valence-electron chi connectivity index (χ4n) is 1.09. The van der Waals surface area contributed by atoms with Gasteiger partial charge in [-0.1, -0.05) is 6.92 Å². The molecule has 0 aromatic rings. The summed E-state index contributed by atoms with van der Waals surface area (Å²) in [5, 5.41) is 0. The highest BCUT2D eigenvalue weighted by Gasteiger charge is 2.11. The summed E-state index contributed by atoms with van der Waals surface area (Å²) in [6.45, 7) is 3.65. The molecule has 0 fully saturated rings. The van der Waals surface area contributed by atoms with Crippen LogP contribution in [0.2, 0.25) is 0 Å². The molecule has 0 aliphatic carbocycles. The number of ether oxygens (including phenoxy) is 2. The molecule has 0 saturated heterocycles. The van der Waals surface area contributed by atoms with Crippen LogP contribution in [0, 0.1) is 5.92 Å². The molecule has 0 rings (SSSR count). The summed E-state index contributed by atoms with van der Waals surface area (Å²) >= 11 is 0. The van der Waals surface area contributed by atoms with E-state index in [9.17, 15) is 9.59 Å². The minimum Gasteiger partial charge on any atom is -0.469 e. The molecule has 0 amide bonds. The molecular weight excluding hydrogens is 184 g/mol. The van der Waals surface area contributed by atoms with E-state index in [1.165, 1.54) is 14.0 Å². The minimum absolute atomic E-state index is 0.0719. The first-order chi connectivity index (χ1) is 6.57. The summed E-state index contributed by atoms with van der Waals surface area (Å²) in [6, 6.07) is 0. The first kappa shape index (κ1) is 12.9. The van der Waals surface area contributed by atoms with Crippen LogP contribution in [0.25, 0.3) is 0 Å². The summed E-state index contributed by atoms with van der Waals surface area (Å²) in [4.78, 5) is 21.4. The molecule has 0 aliphatic heterocycles. The van der Waals surface area contributed by atoms with Gasteiger partial charge in [0.2, 0.25) is 0 Å². The van der Waals surface area contributed by atoms with E-state index in [1.54, 1.807) is 0 Å². The molecule has 14 heavy (non-hydrogen) atoms. The molecule has 1 unspecified atom stereocenters. The Morgan fingerprint density at radius 1 is 1.29 bits per heavy atom. The van der Waals surface area contributed by atoms with Gasteiger partial charge in [0, 0.05) is 6.92 Å². The lowest BCUT2D eigenvalue weighted by Crippen LogP contribution is -2.12. The largest absolute Gasteiger partial charge is 0.469 e. The van der Waals surface area contributed by atoms with E-state index in [0.717, 1.165) is 19.3 Å². The first-order valence-electron chi connectivity index (χ1n) is 4.79. The molecule has 1 atom stereocenters. The van der Waals surface area contributed by atoms with E-state index in [4.69, 9.17) is 4.74 Å². The van der Waals surface area contributed by atoms with E-state index < -0.39 is 0 Å². The van der Waals surface area contributed by atoms with Crippen LogP contribution >= 0.6 is 0 Å². The van der Waals surface area contributed by atoms with E-state index in [-0.39, 0.29) is 17.9 Å². The van der Waals surface area contributed by atoms with Crippen LogP contribution in [0.4, 0.5) is 0 Å². The second-order valence-corrected chi connectivity index (χ2v) is 3.26. The Bertz CT molecular complexity index is 189. The molecule has 0 radical (unpaired) electrons. The molecular formula is C10H18O4. The number of carbonyl (C=O) groups excluding carboxylic acids is 2. The highest BCUT2D eigenvalue weighted by molar-refractivity contribution is 5.71. The molecule has 0 aliphatic rings. The predicted molar refractivity (Wildman–Crippen MR) is 51.7 cm³/mol. The summed E-state index contributed by atoms with van der Waals surface area (Å²) in [6.07, 6.45) is 2.43. The molecule has 0 bridgehead atoms. The average molecular weight is 202 g/mol. The Morgan fingerprint density at radius 3 is 2.43 bits per heavy atom. The van der Waals surface area contributed by atoms with Crippen molar-refractivity contribution >= 4 is 11.9 Å². The van der Waals surface area contributed by atoms with Gasteiger partial charge in [-0.2, -0.15) is 0 Å². The number of methoxy groups -OCH3 is 1. The molecule has 0 aromatic heterocycles. The van der Waals surface area contributed by atoms with E-state index in [1.807, 2.05) is 6.92 Å². The van der Waals surface area contributed by atoms with Crippen molar-refractivity contribution < 1.29 is 19.1 Å². The fourth-order valence-corrected chi connectivity index (χ4v) is 1.09. The minimum atomic E-state index is -0.258. The Hall–Kier alpha value is -1.06. The number of rotatable bonds is 6.